The Bertz CT molecular complexity index is 936. The first-order valence-electron chi connectivity index (χ1n) is 8.58. The van der Waals surface area contributed by atoms with E-state index in [1.807, 2.05) is 25.1 Å². The summed E-state index contributed by atoms with van der Waals surface area (Å²) in [7, 11) is 0. The van der Waals surface area contributed by atoms with Crippen molar-refractivity contribution >= 4 is 40.5 Å². The molecular weight excluding hydrogens is 344 g/mol. The molecule has 7 nitrogen and oxygen atoms in total. The fraction of sp³-hybridized carbons (Fsp3) is 0.200. The van der Waals surface area contributed by atoms with Gasteiger partial charge in [-0.25, -0.2) is 5.01 Å². The highest BCUT2D eigenvalue weighted by Gasteiger charge is 2.25. The maximum Gasteiger partial charge on any atom is 0.271 e. The first kappa shape index (κ1) is 18.3. The molecule has 0 saturated heterocycles. The number of nitrogens with one attached hydrogen (secondary N) is 2. The van der Waals surface area contributed by atoms with Gasteiger partial charge in [-0.15, -0.1) is 0 Å². The Kier molecular flexibility index (Phi) is 5.30. The van der Waals surface area contributed by atoms with Crippen molar-refractivity contribution in [2.75, 3.05) is 15.6 Å². The van der Waals surface area contributed by atoms with Gasteiger partial charge in [-0.1, -0.05) is 18.2 Å². The van der Waals surface area contributed by atoms with E-state index in [4.69, 9.17) is 0 Å². The topological polar surface area (TPSA) is 90.9 Å². The molecule has 2 aromatic rings. The lowest BCUT2D eigenvalue weighted by Crippen LogP contribution is -2.36. The van der Waals surface area contributed by atoms with Gasteiger partial charge < -0.3 is 10.6 Å². The highest BCUT2D eigenvalue weighted by atomic mass is 16.2. The molecule has 138 valence electrons. The number of hydrogen-bond donors (Lipinski definition) is 2. The van der Waals surface area contributed by atoms with Gasteiger partial charge in [0.2, 0.25) is 11.8 Å². The third kappa shape index (κ3) is 4.58. The summed E-state index contributed by atoms with van der Waals surface area (Å²) in [5.74, 6) is -0.715. The monoisotopic (exact) mass is 364 g/mol. The zero-order chi connectivity index (χ0) is 19.4. The average molecular weight is 364 g/mol. The number of carbonyl (C=O) groups excluding carboxylic acids is 3. The van der Waals surface area contributed by atoms with Crippen LogP contribution < -0.4 is 15.6 Å². The standard InChI is InChI=1S/C20H20N4O3/c1-13-5-3-8-17(11-13)24-19(26)10-9-18(23-24)20(27)22-16-7-4-6-15(12-16)21-14(2)25/h3-8,11-12H,9-10H2,1-2H3,(H,21,25)(H,22,27). The van der Waals surface area contributed by atoms with Crippen LogP contribution in [-0.2, 0) is 14.4 Å². The van der Waals surface area contributed by atoms with Crippen LogP contribution in [0.5, 0.6) is 0 Å². The summed E-state index contributed by atoms with van der Waals surface area (Å²) in [6, 6.07) is 14.2. The molecule has 0 aromatic heterocycles. The lowest BCUT2D eigenvalue weighted by Gasteiger charge is -2.23. The second-order valence-electron chi connectivity index (χ2n) is 6.31. The van der Waals surface area contributed by atoms with Crippen molar-refractivity contribution in [2.45, 2.75) is 26.7 Å². The first-order valence-corrected chi connectivity index (χ1v) is 8.58. The summed E-state index contributed by atoms with van der Waals surface area (Å²) in [5, 5.41) is 11.0. The van der Waals surface area contributed by atoms with Crippen LogP contribution in [-0.4, -0.2) is 23.4 Å². The SMILES string of the molecule is CC(=O)Nc1cccc(NC(=O)C2=NN(c3cccc(C)c3)C(=O)CC2)c1. The van der Waals surface area contributed by atoms with Crippen molar-refractivity contribution in [3.05, 3.63) is 54.1 Å². The van der Waals surface area contributed by atoms with E-state index in [2.05, 4.69) is 15.7 Å². The van der Waals surface area contributed by atoms with Gasteiger partial charge >= 0.3 is 0 Å². The molecule has 0 radical (unpaired) electrons. The van der Waals surface area contributed by atoms with E-state index in [9.17, 15) is 14.4 Å². The normalized spacial score (nSPS) is 13.8. The van der Waals surface area contributed by atoms with Crippen molar-refractivity contribution < 1.29 is 14.4 Å². The molecule has 0 atom stereocenters. The second-order valence-corrected chi connectivity index (χ2v) is 6.31. The van der Waals surface area contributed by atoms with Crippen molar-refractivity contribution in [2.24, 2.45) is 5.10 Å². The molecule has 0 spiro atoms. The van der Waals surface area contributed by atoms with E-state index in [0.29, 0.717) is 17.1 Å². The molecule has 1 aliphatic heterocycles. The maximum atomic E-state index is 12.6. The molecule has 0 bridgehead atoms. The minimum atomic E-state index is -0.375. The van der Waals surface area contributed by atoms with Crippen molar-refractivity contribution in [3.8, 4) is 0 Å². The van der Waals surface area contributed by atoms with Crippen LogP contribution in [0.1, 0.15) is 25.3 Å². The van der Waals surface area contributed by atoms with Gasteiger partial charge in [0, 0.05) is 31.1 Å². The summed E-state index contributed by atoms with van der Waals surface area (Å²) in [6.07, 6.45) is 0.491. The highest BCUT2D eigenvalue weighted by Crippen LogP contribution is 2.22. The van der Waals surface area contributed by atoms with E-state index >= 15 is 0 Å². The number of rotatable bonds is 4. The minimum Gasteiger partial charge on any atom is -0.326 e. The van der Waals surface area contributed by atoms with Crippen LogP contribution in [0.4, 0.5) is 17.1 Å². The zero-order valence-corrected chi connectivity index (χ0v) is 15.2. The Hall–Kier alpha value is -3.48. The maximum absolute atomic E-state index is 12.6. The molecule has 1 heterocycles. The van der Waals surface area contributed by atoms with E-state index < -0.39 is 0 Å². The number of hydrazone groups is 1. The summed E-state index contributed by atoms with van der Waals surface area (Å²) in [5.41, 5.74) is 3.04. The quantitative estimate of drug-likeness (QED) is 0.873. The van der Waals surface area contributed by atoms with Gasteiger partial charge in [0.1, 0.15) is 5.71 Å². The molecule has 3 amide bonds. The summed E-state index contributed by atoms with van der Waals surface area (Å²) >= 11 is 0. The molecule has 0 fully saturated rings. The summed E-state index contributed by atoms with van der Waals surface area (Å²) in [4.78, 5) is 36.0. The van der Waals surface area contributed by atoms with Crippen LogP contribution in [0.2, 0.25) is 0 Å². The number of anilines is 3. The van der Waals surface area contributed by atoms with E-state index in [-0.39, 0.29) is 36.3 Å². The number of nitrogens with zero attached hydrogens (tertiary/aromatic N) is 2. The van der Waals surface area contributed by atoms with Crippen molar-refractivity contribution in [3.63, 3.8) is 0 Å². The van der Waals surface area contributed by atoms with Gasteiger partial charge in [-0.2, -0.15) is 5.10 Å². The summed E-state index contributed by atoms with van der Waals surface area (Å²) in [6.45, 7) is 3.34. The molecule has 7 heteroatoms. The molecular formula is C20H20N4O3. The Balaban J connectivity index is 1.79. The third-order valence-corrected chi connectivity index (χ3v) is 3.98. The second kappa shape index (κ2) is 7.82. The van der Waals surface area contributed by atoms with Crippen LogP contribution in [0.15, 0.2) is 53.6 Å². The molecule has 2 N–H and O–H groups in total. The average Bonchev–Trinajstić information content (AvgIpc) is 2.61. The largest absolute Gasteiger partial charge is 0.326 e. The van der Waals surface area contributed by atoms with E-state index in [1.165, 1.54) is 11.9 Å². The smallest absolute Gasteiger partial charge is 0.271 e. The number of carbonyl (C=O) groups is 3. The van der Waals surface area contributed by atoms with Crippen molar-refractivity contribution in [1.29, 1.82) is 0 Å². The van der Waals surface area contributed by atoms with Gasteiger partial charge in [0.25, 0.3) is 5.91 Å². The Morgan fingerprint density at radius 2 is 1.70 bits per heavy atom. The fourth-order valence-corrected chi connectivity index (χ4v) is 2.76. The van der Waals surface area contributed by atoms with Crippen LogP contribution in [0, 0.1) is 6.92 Å². The van der Waals surface area contributed by atoms with Crippen LogP contribution in [0.3, 0.4) is 0 Å². The molecule has 0 aliphatic carbocycles. The van der Waals surface area contributed by atoms with Gasteiger partial charge in [-0.05, 0) is 42.8 Å². The molecule has 0 saturated carbocycles. The molecule has 27 heavy (non-hydrogen) atoms. The van der Waals surface area contributed by atoms with Crippen LogP contribution >= 0.6 is 0 Å². The molecule has 1 aliphatic rings. The van der Waals surface area contributed by atoms with Gasteiger partial charge in [0.05, 0.1) is 5.69 Å². The van der Waals surface area contributed by atoms with Crippen LogP contribution in [0.25, 0.3) is 0 Å². The third-order valence-electron chi connectivity index (χ3n) is 3.98. The fourth-order valence-electron chi connectivity index (χ4n) is 2.76. The Labute approximate surface area is 157 Å². The van der Waals surface area contributed by atoms with Gasteiger partial charge in [0.15, 0.2) is 0 Å². The zero-order valence-electron chi connectivity index (χ0n) is 15.2. The van der Waals surface area contributed by atoms with E-state index in [0.717, 1.165) is 5.56 Å². The molecule has 0 unspecified atom stereocenters. The highest BCUT2D eigenvalue weighted by molar-refractivity contribution is 6.44. The lowest BCUT2D eigenvalue weighted by atomic mass is 10.1. The Morgan fingerprint density at radius 3 is 2.41 bits per heavy atom. The number of hydrogen-bond acceptors (Lipinski definition) is 4. The summed E-state index contributed by atoms with van der Waals surface area (Å²) < 4.78 is 0. The van der Waals surface area contributed by atoms with Crippen molar-refractivity contribution in [1.82, 2.24) is 0 Å². The number of amides is 3. The minimum absolute atomic E-state index is 0.148. The number of benzene rings is 2. The molecule has 3 rings (SSSR count). The Morgan fingerprint density at radius 1 is 1.00 bits per heavy atom. The predicted octanol–water partition coefficient (Wildman–Crippen LogP) is 3.07. The lowest BCUT2D eigenvalue weighted by molar-refractivity contribution is -0.119. The number of aryl methyl sites for hydroxylation is 1. The van der Waals surface area contributed by atoms with E-state index in [1.54, 1.807) is 30.3 Å². The first-order chi connectivity index (χ1) is 12.9. The van der Waals surface area contributed by atoms with Gasteiger partial charge in [-0.3, -0.25) is 14.4 Å². The predicted molar refractivity (Wildman–Crippen MR) is 105 cm³/mol. The molecule has 2 aromatic carbocycles.